The van der Waals surface area contributed by atoms with E-state index in [2.05, 4.69) is 10.3 Å². The molecule has 0 bridgehead atoms. The Balaban J connectivity index is 1.66. The van der Waals surface area contributed by atoms with Crippen molar-refractivity contribution in [2.75, 3.05) is 24.7 Å². The molecule has 1 heterocycles. The predicted molar refractivity (Wildman–Crippen MR) is 83.6 cm³/mol. The first-order valence-corrected chi connectivity index (χ1v) is 6.78. The molecule has 0 amide bonds. The molecule has 0 saturated heterocycles. The van der Waals surface area contributed by atoms with Crippen LogP contribution in [0.15, 0.2) is 46.9 Å². The third kappa shape index (κ3) is 2.91. The summed E-state index contributed by atoms with van der Waals surface area (Å²) in [4.78, 5) is 4.36. The summed E-state index contributed by atoms with van der Waals surface area (Å²) in [7, 11) is 1.68. The summed E-state index contributed by atoms with van der Waals surface area (Å²) in [6, 6.07) is 13.9. The van der Waals surface area contributed by atoms with Crippen LogP contribution in [0.4, 0.5) is 11.7 Å². The van der Waals surface area contributed by atoms with Crippen molar-refractivity contribution in [2.45, 2.75) is 6.42 Å². The molecule has 3 N–H and O–H groups in total. The molecule has 0 fully saturated rings. The van der Waals surface area contributed by atoms with Crippen molar-refractivity contribution in [3.8, 4) is 5.75 Å². The first-order valence-electron chi connectivity index (χ1n) is 6.78. The van der Waals surface area contributed by atoms with Gasteiger partial charge >= 0.3 is 0 Å². The van der Waals surface area contributed by atoms with Crippen molar-refractivity contribution >= 4 is 22.8 Å². The maximum atomic E-state index is 5.73. The van der Waals surface area contributed by atoms with Gasteiger partial charge in [-0.25, -0.2) is 0 Å². The summed E-state index contributed by atoms with van der Waals surface area (Å²) in [5.41, 5.74) is 9.03. The molecule has 3 aromatic rings. The Morgan fingerprint density at radius 1 is 1.24 bits per heavy atom. The maximum Gasteiger partial charge on any atom is 0.295 e. The number of hydrogen-bond acceptors (Lipinski definition) is 5. The Labute approximate surface area is 122 Å². The number of nitrogens with two attached hydrogens (primary N) is 1. The highest BCUT2D eigenvalue weighted by molar-refractivity contribution is 5.78. The van der Waals surface area contributed by atoms with E-state index in [-0.39, 0.29) is 0 Å². The summed E-state index contributed by atoms with van der Waals surface area (Å²) < 4.78 is 10.9. The van der Waals surface area contributed by atoms with E-state index >= 15 is 0 Å². The Kier molecular flexibility index (Phi) is 3.64. The van der Waals surface area contributed by atoms with Gasteiger partial charge in [-0.3, -0.25) is 0 Å². The number of nitrogens with one attached hydrogen (secondary N) is 1. The van der Waals surface area contributed by atoms with E-state index in [1.165, 1.54) is 0 Å². The molecule has 21 heavy (non-hydrogen) atoms. The highest BCUT2D eigenvalue weighted by Crippen LogP contribution is 2.21. The number of hydrogen-bond donors (Lipinski definition) is 2. The smallest absolute Gasteiger partial charge is 0.295 e. The van der Waals surface area contributed by atoms with Crippen LogP contribution in [-0.4, -0.2) is 18.6 Å². The molecule has 0 saturated carbocycles. The lowest BCUT2D eigenvalue weighted by Crippen LogP contribution is -2.05. The van der Waals surface area contributed by atoms with Gasteiger partial charge in [0, 0.05) is 12.2 Å². The fraction of sp³-hybridized carbons (Fsp3) is 0.188. The lowest BCUT2D eigenvalue weighted by Gasteiger charge is -2.07. The number of aromatic nitrogens is 1. The summed E-state index contributed by atoms with van der Waals surface area (Å²) in [5.74, 6) is 0.893. The van der Waals surface area contributed by atoms with Gasteiger partial charge in [0.25, 0.3) is 6.01 Å². The van der Waals surface area contributed by atoms with E-state index < -0.39 is 0 Å². The monoisotopic (exact) mass is 283 g/mol. The van der Waals surface area contributed by atoms with Gasteiger partial charge in [0.1, 0.15) is 11.3 Å². The first kappa shape index (κ1) is 13.3. The molecule has 0 aliphatic rings. The number of para-hydroxylation sites is 1. The van der Waals surface area contributed by atoms with Crippen molar-refractivity contribution < 1.29 is 9.15 Å². The van der Waals surface area contributed by atoms with Crippen LogP contribution in [0.25, 0.3) is 11.1 Å². The fourth-order valence-electron chi connectivity index (χ4n) is 2.23. The predicted octanol–water partition coefficient (Wildman–Crippen LogP) is 3.07. The molecule has 5 heteroatoms. The lowest BCUT2D eigenvalue weighted by atomic mass is 10.1. The van der Waals surface area contributed by atoms with Crippen LogP contribution >= 0.6 is 0 Å². The van der Waals surface area contributed by atoms with Crippen LogP contribution in [0.5, 0.6) is 5.75 Å². The van der Waals surface area contributed by atoms with Crippen LogP contribution in [0.1, 0.15) is 5.56 Å². The average Bonchev–Trinajstić information content (AvgIpc) is 2.89. The van der Waals surface area contributed by atoms with Gasteiger partial charge in [-0.1, -0.05) is 18.2 Å². The molecule has 1 aromatic heterocycles. The number of methoxy groups -OCH3 is 1. The fourth-order valence-corrected chi connectivity index (χ4v) is 2.23. The molecule has 0 atom stereocenters. The minimum absolute atomic E-state index is 0.505. The zero-order valence-corrected chi connectivity index (χ0v) is 11.8. The van der Waals surface area contributed by atoms with Gasteiger partial charge in [-0.05, 0) is 36.2 Å². The normalized spacial score (nSPS) is 10.7. The molecular formula is C16H17N3O2. The topological polar surface area (TPSA) is 73.3 Å². The van der Waals surface area contributed by atoms with Gasteiger partial charge in [0.05, 0.1) is 7.11 Å². The highest BCUT2D eigenvalue weighted by atomic mass is 16.5. The van der Waals surface area contributed by atoms with Crippen molar-refractivity contribution in [1.82, 2.24) is 4.98 Å². The van der Waals surface area contributed by atoms with Crippen LogP contribution in [0, 0.1) is 0 Å². The van der Waals surface area contributed by atoms with E-state index in [1.54, 1.807) is 19.2 Å². The Morgan fingerprint density at radius 3 is 2.95 bits per heavy atom. The molecule has 0 unspecified atom stereocenters. The zero-order chi connectivity index (χ0) is 14.7. The number of ether oxygens (including phenoxy) is 1. The SMILES string of the molecule is COc1ccccc1CCNc1nc2cc(N)ccc2o1. The van der Waals surface area contributed by atoms with Crippen molar-refractivity contribution in [3.63, 3.8) is 0 Å². The van der Waals surface area contributed by atoms with Gasteiger partial charge in [-0.15, -0.1) is 0 Å². The molecule has 0 radical (unpaired) electrons. The third-order valence-electron chi connectivity index (χ3n) is 3.27. The Morgan fingerprint density at radius 2 is 2.10 bits per heavy atom. The third-order valence-corrected chi connectivity index (χ3v) is 3.27. The first-order chi connectivity index (χ1) is 10.3. The number of fused-ring (bicyclic) bond motifs is 1. The van der Waals surface area contributed by atoms with E-state index in [1.807, 2.05) is 30.3 Å². The highest BCUT2D eigenvalue weighted by Gasteiger charge is 2.06. The van der Waals surface area contributed by atoms with Crippen LogP contribution in [0.3, 0.4) is 0 Å². The number of oxazole rings is 1. The molecule has 5 nitrogen and oxygen atoms in total. The van der Waals surface area contributed by atoms with Crippen LogP contribution in [0.2, 0.25) is 0 Å². The quantitative estimate of drug-likeness (QED) is 0.704. The molecule has 0 spiro atoms. The maximum absolute atomic E-state index is 5.73. The van der Waals surface area contributed by atoms with Gasteiger partial charge in [-0.2, -0.15) is 4.98 Å². The molecule has 2 aromatic carbocycles. The largest absolute Gasteiger partial charge is 0.496 e. The molecule has 3 rings (SSSR count). The van der Waals surface area contributed by atoms with Crippen molar-refractivity contribution in [1.29, 1.82) is 0 Å². The van der Waals surface area contributed by atoms with E-state index in [0.717, 1.165) is 28.8 Å². The van der Waals surface area contributed by atoms with E-state index in [4.69, 9.17) is 14.9 Å². The Bertz CT molecular complexity index is 752. The summed E-state index contributed by atoms with van der Waals surface area (Å²) in [6.07, 6.45) is 0.824. The molecule has 0 aliphatic carbocycles. The van der Waals surface area contributed by atoms with Crippen molar-refractivity contribution in [3.05, 3.63) is 48.0 Å². The number of benzene rings is 2. The van der Waals surface area contributed by atoms with Crippen LogP contribution in [-0.2, 0) is 6.42 Å². The van der Waals surface area contributed by atoms with Crippen molar-refractivity contribution in [2.24, 2.45) is 0 Å². The van der Waals surface area contributed by atoms with Gasteiger partial charge < -0.3 is 20.2 Å². The summed E-state index contributed by atoms with van der Waals surface area (Å²) in [6.45, 7) is 0.711. The van der Waals surface area contributed by atoms with E-state index in [0.29, 0.717) is 18.2 Å². The second kappa shape index (κ2) is 5.75. The minimum Gasteiger partial charge on any atom is -0.496 e. The number of rotatable bonds is 5. The second-order valence-corrected chi connectivity index (χ2v) is 4.73. The molecule has 108 valence electrons. The molecule has 0 aliphatic heterocycles. The molecular weight excluding hydrogens is 266 g/mol. The Hall–Kier alpha value is -2.69. The van der Waals surface area contributed by atoms with Gasteiger partial charge in [0.2, 0.25) is 0 Å². The number of anilines is 2. The van der Waals surface area contributed by atoms with E-state index in [9.17, 15) is 0 Å². The average molecular weight is 283 g/mol. The minimum atomic E-state index is 0.505. The number of nitrogens with zero attached hydrogens (tertiary/aromatic N) is 1. The standard InChI is InChI=1S/C16H17N3O2/c1-20-14-5-3-2-4-11(14)8-9-18-16-19-13-10-12(17)6-7-15(13)21-16/h2-7,10H,8-9,17H2,1H3,(H,18,19). The summed E-state index contributed by atoms with van der Waals surface area (Å²) in [5, 5.41) is 3.18. The lowest BCUT2D eigenvalue weighted by molar-refractivity contribution is 0.410. The summed E-state index contributed by atoms with van der Waals surface area (Å²) >= 11 is 0. The van der Waals surface area contributed by atoms with Gasteiger partial charge in [0.15, 0.2) is 5.58 Å². The zero-order valence-electron chi connectivity index (χ0n) is 11.8. The second-order valence-electron chi connectivity index (χ2n) is 4.73. The number of nitrogen functional groups attached to an aromatic ring is 1. The van der Waals surface area contributed by atoms with Crippen LogP contribution < -0.4 is 15.8 Å².